The second-order valence-corrected chi connectivity index (χ2v) is 10.5. The number of aliphatic carboxylic acids is 1. The van der Waals surface area contributed by atoms with Crippen molar-refractivity contribution in [2.75, 3.05) is 19.3 Å². The number of hydrogen-bond donors (Lipinski definition) is 1. The largest absolute Gasteiger partial charge is 0.480 e. The highest BCUT2D eigenvalue weighted by molar-refractivity contribution is 7.89. The smallest absolute Gasteiger partial charge is 0.323 e. The van der Waals surface area contributed by atoms with Crippen LogP contribution in [0.5, 0.6) is 5.75 Å². The van der Waals surface area contributed by atoms with Crippen LogP contribution in [0.15, 0.2) is 29.2 Å². The molecule has 3 atom stereocenters. The summed E-state index contributed by atoms with van der Waals surface area (Å²) in [5.41, 5.74) is 0. The molecule has 0 saturated carbocycles. The number of ether oxygens (including phenoxy) is 1. The first-order chi connectivity index (χ1) is 13.4. The average molecular weight is 445 g/mol. The van der Waals surface area contributed by atoms with Gasteiger partial charge in [0.25, 0.3) is 0 Å². The molecule has 0 bridgehead atoms. The minimum absolute atomic E-state index is 0.106. The van der Waals surface area contributed by atoms with E-state index in [1.165, 1.54) is 31.2 Å². The molecule has 1 saturated heterocycles. The fourth-order valence-electron chi connectivity index (χ4n) is 3.27. The van der Waals surface area contributed by atoms with Gasteiger partial charge in [-0.25, -0.2) is 16.8 Å². The Morgan fingerprint density at radius 2 is 1.72 bits per heavy atom. The SMILES string of the molecule is CC#CC(C)Oc1ccc(S(=O)(=O)N2CCN(S(C)(=O)=O)C(C)C2C(=O)O)cc1. The van der Waals surface area contributed by atoms with Crippen LogP contribution in [0.25, 0.3) is 0 Å². The third-order valence-electron chi connectivity index (χ3n) is 4.53. The average Bonchev–Trinajstić information content (AvgIpc) is 2.60. The Hall–Kier alpha value is -2.13. The summed E-state index contributed by atoms with van der Waals surface area (Å²) in [5.74, 6) is 4.54. The lowest BCUT2D eigenvalue weighted by atomic mass is 10.1. The normalized spacial score (nSPS) is 22.3. The van der Waals surface area contributed by atoms with Gasteiger partial charge in [0, 0.05) is 19.1 Å². The van der Waals surface area contributed by atoms with E-state index in [1.54, 1.807) is 13.8 Å². The van der Waals surface area contributed by atoms with Crippen molar-refractivity contribution >= 4 is 26.0 Å². The molecular formula is C18H24N2O7S2. The Labute approximate surface area is 171 Å². The molecule has 160 valence electrons. The van der Waals surface area contributed by atoms with E-state index in [0.29, 0.717) is 5.75 Å². The molecule has 1 fully saturated rings. The maximum absolute atomic E-state index is 13.1. The minimum atomic E-state index is -4.17. The van der Waals surface area contributed by atoms with Gasteiger partial charge in [0.1, 0.15) is 11.8 Å². The predicted octanol–water partition coefficient (Wildman–Crippen LogP) is 0.585. The number of carbonyl (C=O) groups is 1. The van der Waals surface area contributed by atoms with Gasteiger partial charge in [0.15, 0.2) is 6.10 Å². The zero-order chi connectivity index (χ0) is 22.0. The van der Waals surface area contributed by atoms with Gasteiger partial charge >= 0.3 is 5.97 Å². The first kappa shape index (κ1) is 23.2. The molecule has 0 spiro atoms. The minimum Gasteiger partial charge on any atom is -0.480 e. The van der Waals surface area contributed by atoms with Crippen LogP contribution in [0.2, 0.25) is 0 Å². The van der Waals surface area contributed by atoms with Crippen LogP contribution in [-0.4, -0.2) is 74.1 Å². The van der Waals surface area contributed by atoms with Gasteiger partial charge < -0.3 is 9.84 Å². The van der Waals surface area contributed by atoms with Crippen LogP contribution >= 0.6 is 0 Å². The van der Waals surface area contributed by atoms with E-state index in [1.807, 2.05) is 0 Å². The summed E-state index contributed by atoms with van der Waals surface area (Å²) in [7, 11) is -7.84. The fourth-order valence-corrected chi connectivity index (χ4v) is 6.04. The molecule has 0 radical (unpaired) electrons. The van der Waals surface area contributed by atoms with E-state index in [4.69, 9.17) is 4.74 Å². The molecule has 0 aliphatic carbocycles. The summed E-state index contributed by atoms with van der Waals surface area (Å²) < 4.78 is 57.3. The Morgan fingerprint density at radius 1 is 1.17 bits per heavy atom. The van der Waals surface area contributed by atoms with Gasteiger partial charge in [-0.05, 0) is 45.0 Å². The van der Waals surface area contributed by atoms with Crippen molar-refractivity contribution in [3.8, 4) is 17.6 Å². The van der Waals surface area contributed by atoms with E-state index in [0.717, 1.165) is 14.9 Å². The van der Waals surface area contributed by atoms with Gasteiger partial charge in [-0.2, -0.15) is 8.61 Å². The highest BCUT2D eigenvalue weighted by Crippen LogP contribution is 2.28. The fraction of sp³-hybridized carbons (Fsp3) is 0.500. The molecule has 1 heterocycles. The number of hydrogen-bond acceptors (Lipinski definition) is 6. The summed E-state index contributed by atoms with van der Waals surface area (Å²) in [5, 5.41) is 9.61. The van der Waals surface area contributed by atoms with Crippen molar-refractivity contribution in [1.29, 1.82) is 0 Å². The van der Waals surface area contributed by atoms with Crippen molar-refractivity contribution in [3.63, 3.8) is 0 Å². The quantitative estimate of drug-likeness (QED) is 0.637. The third-order valence-corrected chi connectivity index (χ3v) is 7.79. The summed E-state index contributed by atoms with van der Waals surface area (Å²) in [6.45, 7) is 4.42. The summed E-state index contributed by atoms with van der Waals surface area (Å²) >= 11 is 0. The molecule has 29 heavy (non-hydrogen) atoms. The zero-order valence-electron chi connectivity index (χ0n) is 16.6. The molecule has 1 aliphatic heterocycles. The zero-order valence-corrected chi connectivity index (χ0v) is 18.2. The van der Waals surface area contributed by atoms with E-state index in [9.17, 15) is 26.7 Å². The molecule has 0 amide bonds. The van der Waals surface area contributed by atoms with Crippen LogP contribution < -0.4 is 4.74 Å². The Bertz CT molecular complexity index is 1020. The van der Waals surface area contributed by atoms with Crippen molar-refractivity contribution in [3.05, 3.63) is 24.3 Å². The number of nitrogens with zero attached hydrogens (tertiary/aromatic N) is 2. The lowest BCUT2D eigenvalue weighted by Crippen LogP contribution is -2.63. The van der Waals surface area contributed by atoms with Gasteiger partial charge in [-0.3, -0.25) is 4.79 Å². The topological polar surface area (TPSA) is 121 Å². The van der Waals surface area contributed by atoms with Crippen LogP contribution in [-0.2, 0) is 24.8 Å². The number of carboxylic acids is 1. The van der Waals surface area contributed by atoms with E-state index in [2.05, 4.69) is 11.8 Å². The highest BCUT2D eigenvalue weighted by atomic mass is 32.2. The second-order valence-electron chi connectivity index (χ2n) is 6.64. The van der Waals surface area contributed by atoms with Crippen molar-refractivity contribution in [1.82, 2.24) is 8.61 Å². The van der Waals surface area contributed by atoms with Crippen LogP contribution in [0.3, 0.4) is 0 Å². The predicted molar refractivity (Wildman–Crippen MR) is 106 cm³/mol. The van der Waals surface area contributed by atoms with Gasteiger partial charge in [0.2, 0.25) is 20.0 Å². The summed E-state index contributed by atoms with van der Waals surface area (Å²) in [6.07, 6.45) is 0.596. The summed E-state index contributed by atoms with van der Waals surface area (Å²) in [6, 6.07) is 2.98. The van der Waals surface area contributed by atoms with Gasteiger partial charge in [-0.15, -0.1) is 5.92 Å². The van der Waals surface area contributed by atoms with E-state index < -0.39 is 38.1 Å². The first-order valence-electron chi connectivity index (χ1n) is 8.80. The lowest BCUT2D eigenvalue weighted by molar-refractivity contribution is -0.144. The van der Waals surface area contributed by atoms with Gasteiger partial charge in [0.05, 0.1) is 11.2 Å². The van der Waals surface area contributed by atoms with E-state index >= 15 is 0 Å². The molecule has 3 unspecified atom stereocenters. The highest BCUT2D eigenvalue weighted by Gasteiger charge is 2.47. The number of rotatable bonds is 6. The Kier molecular flexibility index (Phi) is 6.95. The van der Waals surface area contributed by atoms with Crippen LogP contribution in [0.1, 0.15) is 20.8 Å². The summed E-state index contributed by atoms with van der Waals surface area (Å²) in [4.78, 5) is 11.7. The lowest BCUT2D eigenvalue weighted by Gasteiger charge is -2.42. The van der Waals surface area contributed by atoms with Crippen LogP contribution in [0.4, 0.5) is 0 Å². The van der Waals surface area contributed by atoms with Crippen LogP contribution in [0, 0.1) is 11.8 Å². The Balaban J connectivity index is 2.33. The standard InChI is InChI=1S/C18H24N2O7S2/c1-5-6-13(2)27-15-7-9-16(10-8-15)29(25,26)20-12-11-19(28(4,23)24)14(3)17(20)18(21)22/h7-10,13-14,17H,11-12H2,1-4H3,(H,21,22). The number of sulfonamides is 2. The van der Waals surface area contributed by atoms with Crippen molar-refractivity contribution < 1.29 is 31.5 Å². The van der Waals surface area contributed by atoms with Crippen molar-refractivity contribution in [2.45, 2.75) is 43.9 Å². The number of carboxylic acid groups (broad SMARTS) is 1. The molecule has 1 N–H and O–H groups in total. The monoisotopic (exact) mass is 444 g/mol. The third kappa shape index (κ3) is 5.08. The molecule has 1 aromatic rings. The molecular weight excluding hydrogens is 420 g/mol. The Morgan fingerprint density at radius 3 is 2.21 bits per heavy atom. The number of piperazine rings is 1. The molecule has 1 aliphatic rings. The second kappa shape index (κ2) is 8.71. The maximum Gasteiger partial charge on any atom is 0.323 e. The first-order valence-corrected chi connectivity index (χ1v) is 12.1. The number of benzene rings is 1. The van der Waals surface area contributed by atoms with Gasteiger partial charge in [-0.1, -0.05) is 5.92 Å². The molecule has 11 heteroatoms. The van der Waals surface area contributed by atoms with E-state index in [-0.39, 0.29) is 24.1 Å². The molecule has 1 aromatic carbocycles. The molecule has 0 aromatic heterocycles. The molecule has 2 rings (SSSR count). The molecule has 9 nitrogen and oxygen atoms in total. The van der Waals surface area contributed by atoms with Crippen molar-refractivity contribution in [2.24, 2.45) is 0 Å². The maximum atomic E-state index is 13.1.